The Balaban J connectivity index is 1.56. The molecule has 4 rings (SSSR count). The maximum Gasteiger partial charge on any atom is 0.253 e. The first-order valence-electron chi connectivity index (χ1n) is 9.65. The van der Waals surface area contributed by atoms with Gasteiger partial charge in [0.2, 0.25) is 0 Å². The molecule has 1 aliphatic rings. The van der Waals surface area contributed by atoms with Gasteiger partial charge in [0.15, 0.2) is 0 Å². The average molecular weight is 375 g/mol. The Bertz CT molecular complexity index is 1040. The molecule has 1 unspecified atom stereocenters. The van der Waals surface area contributed by atoms with Gasteiger partial charge in [0.05, 0.1) is 28.8 Å². The predicted molar refractivity (Wildman–Crippen MR) is 108 cm³/mol. The maximum absolute atomic E-state index is 13.1. The third-order valence-corrected chi connectivity index (χ3v) is 5.30. The molecule has 0 aliphatic carbocycles. The first-order chi connectivity index (χ1) is 13.4. The molecule has 6 nitrogen and oxygen atoms in total. The van der Waals surface area contributed by atoms with Crippen molar-refractivity contribution in [2.75, 3.05) is 13.1 Å². The van der Waals surface area contributed by atoms with E-state index in [9.17, 15) is 4.79 Å². The molecule has 3 aromatic rings. The second kappa shape index (κ2) is 7.19. The van der Waals surface area contributed by atoms with Gasteiger partial charge in [-0.1, -0.05) is 12.1 Å². The van der Waals surface area contributed by atoms with Crippen molar-refractivity contribution in [2.45, 2.75) is 40.2 Å². The summed E-state index contributed by atoms with van der Waals surface area (Å²) in [5, 5.41) is 4.59. The highest BCUT2D eigenvalue weighted by Gasteiger charge is 2.29. The fraction of sp³-hybridized carbons (Fsp3) is 0.364. The number of amides is 1. The summed E-state index contributed by atoms with van der Waals surface area (Å²) < 4.78 is 2.06. The average Bonchev–Trinajstić information content (AvgIpc) is 3.29. The zero-order valence-electron chi connectivity index (χ0n) is 16.8. The van der Waals surface area contributed by atoms with E-state index < -0.39 is 0 Å². The molecule has 0 saturated carbocycles. The lowest BCUT2D eigenvalue weighted by Crippen LogP contribution is -2.29. The zero-order valence-corrected chi connectivity index (χ0v) is 16.8. The Kier molecular flexibility index (Phi) is 4.71. The standard InChI is InChI=1S/C22H25N5O/c1-14-10-16(3)27(25-14)20-8-9-26(13-20)22(28)19-7-5-6-18(11-19)21-17(4)23-12-15(2)24-21/h5-7,10-12,20H,8-9,13H2,1-4H3. The summed E-state index contributed by atoms with van der Waals surface area (Å²) in [6, 6.07) is 10.0. The van der Waals surface area contributed by atoms with Crippen LogP contribution in [0.4, 0.5) is 0 Å². The fourth-order valence-corrected chi connectivity index (χ4v) is 3.93. The summed E-state index contributed by atoms with van der Waals surface area (Å²) in [4.78, 5) is 24.0. The molecule has 1 aromatic carbocycles. The number of carbonyl (C=O) groups is 1. The van der Waals surface area contributed by atoms with Crippen LogP contribution < -0.4 is 0 Å². The molecule has 3 heterocycles. The third kappa shape index (κ3) is 3.42. The van der Waals surface area contributed by atoms with Gasteiger partial charge in [0, 0.05) is 36.1 Å². The monoisotopic (exact) mass is 375 g/mol. The van der Waals surface area contributed by atoms with Crippen molar-refractivity contribution in [2.24, 2.45) is 0 Å². The molecule has 1 atom stereocenters. The van der Waals surface area contributed by atoms with E-state index in [0.717, 1.165) is 47.0 Å². The minimum Gasteiger partial charge on any atom is -0.336 e. The van der Waals surface area contributed by atoms with Gasteiger partial charge in [0.25, 0.3) is 5.91 Å². The van der Waals surface area contributed by atoms with Gasteiger partial charge in [-0.3, -0.25) is 14.5 Å². The molecule has 2 aromatic heterocycles. The molecule has 144 valence electrons. The summed E-state index contributed by atoms with van der Waals surface area (Å²) in [6.45, 7) is 9.37. The van der Waals surface area contributed by atoms with Gasteiger partial charge in [-0.05, 0) is 52.3 Å². The summed E-state index contributed by atoms with van der Waals surface area (Å²) >= 11 is 0. The number of benzene rings is 1. The number of hydrogen-bond acceptors (Lipinski definition) is 4. The predicted octanol–water partition coefficient (Wildman–Crippen LogP) is 3.66. The van der Waals surface area contributed by atoms with Crippen LogP contribution in [0.25, 0.3) is 11.3 Å². The van der Waals surface area contributed by atoms with Gasteiger partial charge in [0.1, 0.15) is 0 Å². The minimum absolute atomic E-state index is 0.0594. The van der Waals surface area contributed by atoms with Crippen LogP contribution >= 0.6 is 0 Å². The van der Waals surface area contributed by atoms with E-state index in [0.29, 0.717) is 12.1 Å². The van der Waals surface area contributed by atoms with E-state index >= 15 is 0 Å². The Morgan fingerprint density at radius 3 is 2.68 bits per heavy atom. The first-order valence-corrected chi connectivity index (χ1v) is 9.65. The lowest BCUT2D eigenvalue weighted by Gasteiger charge is -2.18. The molecule has 0 spiro atoms. The van der Waals surface area contributed by atoms with Crippen molar-refractivity contribution in [3.63, 3.8) is 0 Å². The van der Waals surface area contributed by atoms with Crippen LogP contribution in [-0.2, 0) is 0 Å². The molecule has 28 heavy (non-hydrogen) atoms. The van der Waals surface area contributed by atoms with Gasteiger partial charge in [-0.25, -0.2) is 4.98 Å². The topological polar surface area (TPSA) is 63.9 Å². The van der Waals surface area contributed by atoms with E-state index in [1.54, 1.807) is 6.20 Å². The highest BCUT2D eigenvalue weighted by atomic mass is 16.2. The Labute approximate surface area is 165 Å². The number of hydrogen-bond donors (Lipinski definition) is 0. The number of aromatic nitrogens is 4. The SMILES string of the molecule is Cc1cnc(C)c(-c2cccc(C(=O)N3CCC(n4nc(C)cc4C)C3)c2)n1. The molecule has 1 fully saturated rings. The van der Waals surface area contributed by atoms with Crippen LogP contribution in [-0.4, -0.2) is 43.6 Å². The van der Waals surface area contributed by atoms with Gasteiger partial charge >= 0.3 is 0 Å². The molecule has 0 bridgehead atoms. The number of rotatable bonds is 3. The second-order valence-electron chi connectivity index (χ2n) is 7.59. The van der Waals surface area contributed by atoms with E-state index in [4.69, 9.17) is 0 Å². The molecule has 1 amide bonds. The summed E-state index contributed by atoms with van der Waals surface area (Å²) in [5.41, 5.74) is 6.34. The quantitative estimate of drug-likeness (QED) is 0.701. The van der Waals surface area contributed by atoms with Gasteiger partial charge in [-0.2, -0.15) is 5.10 Å². The molecule has 0 N–H and O–H groups in total. The number of aryl methyl sites for hydroxylation is 4. The Morgan fingerprint density at radius 2 is 1.93 bits per heavy atom. The third-order valence-electron chi connectivity index (χ3n) is 5.30. The van der Waals surface area contributed by atoms with Crippen molar-refractivity contribution in [1.29, 1.82) is 0 Å². The van der Waals surface area contributed by atoms with Crippen LogP contribution in [0.3, 0.4) is 0 Å². The van der Waals surface area contributed by atoms with Crippen molar-refractivity contribution >= 4 is 5.91 Å². The highest BCUT2D eigenvalue weighted by molar-refractivity contribution is 5.95. The van der Waals surface area contributed by atoms with Crippen molar-refractivity contribution in [3.05, 3.63) is 64.9 Å². The van der Waals surface area contributed by atoms with Crippen LogP contribution in [0, 0.1) is 27.7 Å². The molecule has 6 heteroatoms. The molecule has 1 aliphatic heterocycles. The van der Waals surface area contributed by atoms with E-state index in [2.05, 4.69) is 32.7 Å². The first kappa shape index (κ1) is 18.3. The van der Waals surface area contributed by atoms with Crippen LogP contribution in [0.1, 0.15) is 45.6 Å². The fourth-order valence-electron chi connectivity index (χ4n) is 3.93. The summed E-state index contributed by atoms with van der Waals surface area (Å²) in [5.74, 6) is 0.0594. The second-order valence-corrected chi connectivity index (χ2v) is 7.59. The molecular formula is C22H25N5O. The van der Waals surface area contributed by atoms with Crippen molar-refractivity contribution in [3.8, 4) is 11.3 Å². The largest absolute Gasteiger partial charge is 0.336 e. The van der Waals surface area contributed by atoms with Gasteiger partial charge in [-0.15, -0.1) is 0 Å². The van der Waals surface area contributed by atoms with E-state index in [1.165, 1.54) is 0 Å². The minimum atomic E-state index is 0.0594. The lowest BCUT2D eigenvalue weighted by molar-refractivity contribution is 0.0787. The highest BCUT2D eigenvalue weighted by Crippen LogP contribution is 2.26. The summed E-state index contributed by atoms with van der Waals surface area (Å²) in [7, 11) is 0. The molecule has 0 radical (unpaired) electrons. The summed E-state index contributed by atoms with van der Waals surface area (Å²) in [6.07, 6.45) is 2.69. The Hall–Kier alpha value is -3.02. The number of likely N-dealkylation sites (tertiary alicyclic amines) is 1. The van der Waals surface area contributed by atoms with Crippen molar-refractivity contribution in [1.82, 2.24) is 24.6 Å². The Morgan fingerprint density at radius 1 is 1.11 bits per heavy atom. The maximum atomic E-state index is 13.1. The van der Waals surface area contributed by atoms with Crippen molar-refractivity contribution < 1.29 is 4.79 Å². The molecule has 1 saturated heterocycles. The lowest BCUT2D eigenvalue weighted by atomic mass is 10.1. The van der Waals surface area contributed by atoms with E-state index in [-0.39, 0.29) is 11.9 Å². The number of carbonyl (C=O) groups excluding carboxylic acids is 1. The smallest absolute Gasteiger partial charge is 0.253 e. The van der Waals surface area contributed by atoms with Crippen LogP contribution in [0.5, 0.6) is 0 Å². The normalized spacial score (nSPS) is 16.6. The van der Waals surface area contributed by atoms with E-state index in [1.807, 2.05) is 49.9 Å². The zero-order chi connectivity index (χ0) is 19.8. The van der Waals surface area contributed by atoms with Crippen LogP contribution in [0.2, 0.25) is 0 Å². The van der Waals surface area contributed by atoms with Gasteiger partial charge < -0.3 is 4.90 Å². The molecular weight excluding hydrogens is 350 g/mol. The van der Waals surface area contributed by atoms with Crippen LogP contribution in [0.15, 0.2) is 36.5 Å². The number of nitrogens with zero attached hydrogens (tertiary/aromatic N) is 5.